The van der Waals surface area contributed by atoms with Crippen molar-refractivity contribution in [1.29, 1.82) is 0 Å². The lowest BCUT2D eigenvalue weighted by atomic mass is 10.1. The number of aryl methyl sites for hydroxylation is 2. The molecule has 34 heavy (non-hydrogen) atoms. The molecule has 2 aromatic carbocycles. The first-order valence-corrected chi connectivity index (χ1v) is 12.6. The van der Waals surface area contributed by atoms with Crippen molar-refractivity contribution in [3.05, 3.63) is 83.1 Å². The van der Waals surface area contributed by atoms with Crippen molar-refractivity contribution < 1.29 is 14.0 Å². The van der Waals surface area contributed by atoms with Crippen LogP contribution in [0.4, 0.5) is 10.8 Å². The Morgan fingerprint density at radius 2 is 1.85 bits per heavy atom. The first kappa shape index (κ1) is 23.8. The largest absolute Gasteiger partial charge is 0.459 e. The van der Waals surface area contributed by atoms with Gasteiger partial charge in [0, 0.05) is 21.0 Å². The molecule has 1 atom stereocenters. The van der Waals surface area contributed by atoms with E-state index in [1.165, 1.54) is 34.9 Å². The number of thioether (sulfide) groups is 1. The van der Waals surface area contributed by atoms with Gasteiger partial charge in [-0.15, -0.1) is 23.1 Å². The average Bonchev–Trinajstić information content (AvgIpc) is 3.48. The monoisotopic (exact) mass is 491 g/mol. The second-order valence-electron chi connectivity index (χ2n) is 7.75. The predicted molar refractivity (Wildman–Crippen MR) is 139 cm³/mol. The van der Waals surface area contributed by atoms with E-state index in [2.05, 4.69) is 34.7 Å². The van der Waals surface area contributed by atoms with Crippen LogP contribution in [0.15, 0.2) is 76.2 Å². The zero-order valence-corrected chi connectivity index (χ0v) is 20.8. The van der Waals surface area contributed by atoms with Crippen LogP contribution in [0.25, 0.3) is 11.3 Å². The summed E-state index contributed by atoms with van der Waals surface area (Å²) in [5.41, 5.74) is 3.76. The molecule has 0 bridgehead atoms. The van der Waals surface area contributed by atoms with Crippen LogP contribution in [0.3, 0.4) is 0 Å². The first-order valence-electron chi connectivity index (χ1n) is 10.9. The minimum atomic E-state index is -0.319. The molecule has 0 saturated carbocycles. The Labute approximate surface area is 206 Å². The summed E-state index contributed by atoms with van der Waals surface area (Å²) in [5.74, 6) is -0.171. The van der Waals surface area contributed by atoms with Crippen molar-refractivity contribution in [2.24, 2.45) is 0 Å². The number of hydrogen-bond acceptors (Lipinski definition) is 6. The average molecular weight is 492 g/mol. The van der Waals surface area contributed by atoms with Crippen molar-refractivity contribution in [1.82, 2.24) is 4.98 Å². The lowest BCUT2D eigenvalue weighted by Gasteiger charge is -2.14. The van der Waals surface area contributed by atoms with Crippen LogP contribution in [-0.4, -0.2) is 22.0 Å². The highest BCUT2D eigenvalue weighted by Crippen LogP contribution is 2.32. The minimum absolute atomic E-state index is 0.0956. The Morgan fingerprint density at radius 3 is 2.56 bits per heavy atom. The number of aromatic nitrogens is 1. The van der Waals surface area contributed by atoms with Crippen molar-refractivity contribution in [2.45, 2.75) is 37.3 Å². The molecular formula is C26H25N3O3S2. The Bertz CT molecular complexity index is 1280. The quantitative estimate of drug-likeness (QED) is 0.265. The standard InChI is InChI=1S/C26H25N3O3S2/c1-4-22(34-20-8-5-7-19(15-20)27-24(30)21-9-6-14-32-21)25(31)29-26-28-23(17(3)33-26)18-12-10-16(2)11-13-18/h5-15,22H,4H2,1-3H3,(H,27,30)(H,28,29,31). The van der Waals surface area contributed by atoms with E-state index in [0.29, 0.717) is 17.2 Å². The summed E-state index contributed by atoms with van der Waals surface area (Å²) in [6, 6.07) is 18.9. The second kappa shape index (κ2) is 10.7. The van der Waals surface area contributed by atoms with Gasteiger partial charge in [0.2, 0.25) is 5.91 Å². The van der Waals surface area contributed by atoms with Gasteiger partial charge in [0.15, 0.2) is 10.9 Å². The summed E-state index contributed by atoms with van der Waals surface area (Å²) < 4.78 is 5.14. The van der Waals surface area contributed by atoms with Crippen LogP contribution < -0.4 is 10.6 Å². The summed E-state index contributed by atoms with van der Waals surface area (Å²) in [4.78, 5) is 31.9. The van der Waals surface area contributed by atoms with Crippen LogP contribution in [0, 0.1) is 13.8 Å². The molecule has 0 aliphatic carbocycles. The number of amides is 2. The van der Waals surface area contributed by atoms with Gasteiger partial charge in [0.25, 0.3) is 5.91 Å². The first-order chi connectivity index (χ1) is 16.4. The topological polar surface area (TPSA) is 84.2 Å². The Morgan fingerprint density at radius 1 is 1.06 bits per heavy atom. The smallest absolute Gasteiger partial charge is 0.291 e. The second-order valence-corrected chi connectivity index (χ2v) is 10.2. The predicted octanol–water partition coefficient (Wildman–Crippen LogP) is 6.78. The van der Waals surface area contributed by atoms with Gasteiger partial charge in [-0.05, 0) is 50.6 Å². The molecule has 0 saturated heterocycles. The highest BCUT2D eigenvalue weighted by atomic mass is 32.2. The molecule has 6 nitrogen and oxygen atoms in total. The number of carbonyl (C=O) groups excluding carboxylic acids is 2. The lowest BCUT2D eigenvalue weighted by Crippen LogP contribution is -2.24. The molecule has 174 valence electrons. The number of nitrogens with one attached hydrogen (secondary N) is 2. The molecule has 2 heterocycles. The summed E-state index contributed by atoms with van der Waals surface area (Å²) in [6.45, 7) is 6.04. The highest BCUT2D eigenvalue weighted by molar-refractivity contribution is 8.00. The molecule has 8 heteroatoms. The maximum Gasteiger partial charge on any atom is 0.291 e. The maximum absolute atomic E-state index is 13.0. The number of benzene rings is 2. The molecule has 1 unspecified atom stereocenters. The normalized spacial score (nSPS) is 11.7. The Hall–Kier alpha value is -3.36. The van der Waals surface area contributed by atoms with Gasteiger partial charge in [0.05, 0.1) is 17.2 Å². The molecule has 0 radical (unpaired) electrons. The van der Waals surface area contributed by atoms with E-state index < -0.39 is 0 Å². The molecule has 0 fully saturated rings. The molecule has 0 aliphatic rings. The van der Waals surface area contributed by atoms with E-state index in [9.17, 15) is 9.59 Å². The van der Waals surface area contributed by atoms with Gasteiger partial charge >= 0.3 is 0 Å². The molecule has 4 rings (SSSR count). The van der Waals surface area contributed by atoms with E-state index in [0.717, 1.165) is 21.0 Å². The molecule has 2 amide bonds. The summed E-state index contributed by atoms with van der Waals surface area (Å²) in [6.07, 6.45) is 2.11. The fourth-order valence-corrected chi connectivity index (χ4v) is 5.20. The van der Waals surface area contributed by atoms with Gasteiger partial charge in [-0.25, -0.2) is 4.98 Å². The number of nitrogens with zero attached hydrogens (tertiary/aromatic N) is 1. The SMILES string of the molecule is CCC(Sc1cccc(NC(=O)c2ccco2)c1)C(=O)Nc1nc(-c2ccc(C)cc2)c(C)s1. The minimum Gasteiger partial charge on any atom is -0.459 e. The number of furan rings is 1. The van der Waals surface area contributed by atoms with Gasteiger partial charge in [-0.2, -0.15) is 0 Å². The highest BCUT2D eigenvalue weighted by Gasteiger charge is 2.21. The van der Waals surface area contributed by atoms with Crippen LogP contribution in [0.5, 0.6) is 0 Å². The van der Waals surface area contributed by atoms with E-state index in [4.69, 9.17) is 4.42 Å². The van der Waals surface area contributed by atoms with E-state index in [-0.39, 0.29) is 22.8 Å². The molecule has 2 aromatic heterocycles. The van der Waals surface area contributed by atoms with Gasteiger partial charge in [-0.1, -0.05) is 42.8 Å². The van der Waals surface area contributed by atoms with Gasteiger partial charge < -0.3 is 15.1 Å². The molecule has 0 spiro atoms. The van der Waals surface area contributed by atoms with Crippen molar-refractivity contribution in [2.75, 3.05) is 10.6 Å². The van der Waals surface area contributed by atoms with Crippen molar-refractivity contribution in [3.63, 3.8) is 0 Å². The third-order valence-electron chi connectivity index (χ3n) is 5.13. The maximum atomic E-state index is 13.0. The van der Waals surface area contributed by atoms with Crippen LogP contribution in [0.1, 0.15) is 34.3 Å². The summed E-state index contributed by atoms with van der Waals surface area (Å²) >= 11 is 2.93. The van der Waals surface area contributed by atoms with Crippen LogP contribution >= 0.6 is 23.1 Å². The zero-order chi connectivity index (χ0) is 24.1. The van der Waals surface area contributed by atoms with Crippen LogP contribution in [-0.2, 0) is 4.79 Å². The number of thiazole rings is 1. The fraction of sp³-hybridized carbons (Fsp3) is 0.192. The number of anilines is 2. The van der Waals surface area contributed by atoms with E-state index in [1.807, 2.05) is 44.2 Å². The Kier molecular flexibility index (Phi) is 7.49. The van der Waals surface area contributed by atoms with Crippen molar-refractivity contribution >= 4 is 45.7 Å². The lowest BCUT2D eigenvalue weighted by molar-refractivity contribution is -0.115. The zero-order valence-electron chi connectivity index (χ0n) is 19.1. The van der Waals surface area contributed by atoms with Crippen LogP contribution in [0.2, 0.25) is 0 Å². The van der Waals surface area contributed by atoms with Crippen molar-refractivity contribution in [3.8, 4) is 11.3 Å². The molecule has 0 aliphatic heterocycles. The van der Waals surface area contributed by atoms with E-state index in [1.54, 1.807) is 18.2 Å². The van der Waals surface area contributed by atoms with Gasteiger partial charge in [-0.3, -0.25) is 9.59 Å². The number of hydrogen-bond donors (Lipinski definition) is 2. The van der Waals surface area contributed by atoms with Gasteiger partial charge in [0.1, 0.15) is 0 Å². The third kappa shape index (κ3) is 5.76. The number of rotatable bonds is 8. The fourth-order valence-electron chi connectivity index (χ4n) is 3.35. The summed E-state index contributed by atoms with van der Waals surface area (Å²) in [5, 5.41) is 6.10. The van der Waals surface area contributed by atoms with E-state index >= 15 is 0 Å². The Balaban J connectivity index is 1.42. The third-order valence-corrected chi connectivity index (χ3v) is 7.37. The number of carbonyl (C=O) groups is 2. The molecular weight excluding hydrogens is 466 g/mol. The summed E-state index contributed by atoms with van der Waals surface area (Å²) in [7, 11) is 0. The molecule has 2 N–H and O–H groups in total. The molecule has 4 aromatic rings.